The molecule has 1 aromatic heterocycles. The molecule has 130 valence electrons. The maximum absolute atomic E-state index is 13.3. The van der Waals surface area contributed by atoms with Gasteiger partial charge < -0.3 is 10.2 Å². The van der Waals surface area contributed by atoms with Crippen molar-refractivity contribution in [2.24, 2.45) is 4.99 Å². The Labute approximate surface area is 160 Å². The van der Waals surface area contributed by atoms with Crippen molar-refractivity contribution in [1.82, 2.24) is 15.2 Å². The van der Waals surface area contributed by atoms with Crippen molar-refractivity contribution >= 4 is 29.9 Å². The summed E-state index contributed by atoms with van der Waals surface area (Å²) in [6.45, 7) is 3.45. The Morgan fingerprint density at radius 1 is 1.33 bits per heavy atom. The fourth-order valence-electron chi connectivity index (χ4n) is 2.46. The van der Waals surface area contributed by atoms with E-state index in [1.165, 1.54) is 17.2 Å². The number of hydrogen-bond acceptors (Lipinski definition) is 2. The lowest BCUT2D eigenvalue weighted by Gasteiger charge is -2.22. The Kier molecular flexibility index (Phi) is 8.67. The molecule has 0 aliphatic carbocycles. The summed E-state index contributed by atoms with van der Waals surface area (Å²) in [6.07, 6.45) is 4.59. The molecule has 0 aliphatic rings. The molecule has 24 heavy (non-hydrogen) atoms. The molecule has 1 aromatic carbocycles. The Hall–Kier alpha value is -1.70. The molecular weight excluding hydrogens is 418 g/mol. The molecule has 2 aromatic rings. The molecule has 0 atom stereocenters. The van der Waals surface area contributed by atoms with Crippen molar-refractivity contribution in [3.05, 3.63) is 65.2 Å². The summed E-state index contributed by atoms with van der Waals surface area (Å²) in [5.41, 5.74) is 3.38. The van der Waals surface area contributed by atoms with Crippen molar-refractivity contribution in [3.8, 4) is 0 Å². The highest BCUT2D eigenvalue weighted by Crippen LogP contribution is 2.07. The van der Waals surface area contributed by atoms with Gasteiger partial charge in [0.1, 0.15) is 5.82 Å². The van der Waals surface area contributed by atoms with Crippen molar-refractivity contribution < 1.29 is 4.39 Å². The molecule has 2 rings (SSSR count). The van der Waals surface area contributed by atoms with Crippen molar-refractivity contribution in [1.29, 1.82) is 0 Å². The molecule has 0 bridgehead atoms. The molecule has 6 heteroatoms. The van der Waals surface area contributed by atoms with Gasteiger partial charge in [-0.15, -0.1) is 24.0 Å². The molecule has 0 spiro atoms. The van der Waals surface area contributed by atoms with Crippen LogP contribution in [0, 0.1) is 12.7 Å². The summed E-state index contributed by atoms with van der Waals surface area (Å²) in [5.74, 6) is 0.577. The minimum absolute atomic E-state index is 0. The number of guanidine groups is 1. The average Bonchev–Trinajstić information content (AvgIpc) is 2.53. The first-order chi connectivity index (χ1) is 11.1. The van der Waals surface area contributed by atoms with Gasteiger partial charge in [-0.3, -0.25) is 9.98 Å². The monoisotopic (exact) mass is 442 g/mol. The first-order valence-electron chi connectivity index (χ1n) is 7.66. The van der Waals surface area contributed by atoms with E-state index in [1.807, 2.05) is 36.5 Å². The van der Waals surface area contributed by atoms with Crippen LogP contribution in [0.1, 0.15) is 16.7 Å². The largest absolute Gasteiger partial charge is 0.356 e. The third-order valence-electron chi connectivity index (χ3n) is 3.70. The molecule has 0 saturated carbocycles. The van der Waals surface area contributed by atoms with Crippen LogP contribution in [0.15, 0.2) is 47.7 Å². The predicted molar refractivity (Wildman–Crippen MR) is 107 cm³/mol. The van der Waals surface area contributed by atoms with Gasteiger partial charge in [0.05, 0.1) is 0 Å². The lowest BCUT2D eigenvalue weighted by Crippen LogP contribution is -2.39. The van der Waals surface area contributed by atoms with Gasteiger partial charge in [-0.1, -0.05) is 12.1 Å². The fourth-order valence-corrected chi connectivity index (χ4v) is 2.46. The van der Waals surface area contributed by atoms with Crippen LogP contribution in [-0.4, -0.2) is 36.5 Å². The Morgan fingerprint density at radius 2 is 2.12 bits per heavy atom. The second kappa shape index (κ2) is 10.2. The van der Waals surface area contributed by atoms with Crippen LogP contribution in [0.4, 0.5) is 4.39 Å². The lowest BCUT2D eigenvalue weighted by atomic mass is 10.1. The van der Waals surface area contributed by atoms with Crippen LogP contribution in [0.25, 0.3) is 0 Å². The second-order valence-corrected chi connectivity index (χ2v) is 5.51. The molecule has 1 heterocycles. The number of rotatable bonds is 5. The third kappa shape index (κ3) is 6.07. The molecule has 0 fully saturated rings. The van der Waals surface area contributed by atoms with E-state index in [1.54, 1.807) is 19.2 Å². The minimum Gasteiger partial charge on any atom is -0.356 e. The highest BCUT2D eigenvalue weighted by Gasteiger charge is 2.07. The molecule has 1 N–H and O–H groups in total. The highest BCUT2D eigenvalue weighted by atomic mass is 127. The van der Waals surface area contributed by atoms with Crippen molar-refractivity contribution in [2.45, 2.75) is 19.9 Å². The fraction of sp³-hybridized carbons (Fsp3) is 0.333. The van der Waals surface area contributed by atoms with Crippen LogP contribution in [0.5, 0.6) is 0 Å². The number of benzene rings is 1. The van der Waals surface area contributed by atoms with Gasteiger partial charge in [-0.2, -0.15) is 0 Å². The normalized spacial score (nSPS) is 10.9. The number of aliphatic imine (C=N–C) groups is 1. The number of nitrogens with one attached hydrogen (secondary N) is 1. The molecule has 4 nitrogen and oxygen atoms in total. The summed E-state index contributed by atoms with van der Waals surface area (Å²) in [7, 11) is 3.69. The summed E-state index contributed by atoms with van der Waals surface area (Å²) in [6, 6.07) is 8.67. The molecular formula is C18H24FIN4. The van der Waals surface area contributed by atoms with E-state index in [-0.39, 0.29) is 29.8 Å². The van der Waals surface area contributed by atoms with E-state index in [0.717, 1.165) is 24.5 Å². The standard InChI is InChI=1S/C18H23FN4.HI/c1-14-12-21-9-7-16(14)8-10-22-18(20-2)23(3)13-15-5-4-6-17(19)11-15;/h4-7,9,11-12H,8,10,13H2,1-3H3,(H,20,22);1H. The van der Waals surface area contributed by atoms with Gasteiger partial charge in [0.15, 0.2) is 5.96 Å². The predicted octanol–water partition coefficient (Wildman–Crippen LogP) is 3.40. The first kappa shape index (κ1) is 20.3. The Bertz CT molecular complexity index is 676. The van der Waals surface area contributed by atoms with Crippen LogP contribution in [0.3, 0.4) is 0 Å². The number of nitrogens with zero attached hydrogens (tertiary/aromatic N) is 3. The first-order valence-corrected chi connectivity index (χ1v) is 7.66. The average molecular weight is 442 g/mol. The molecule has 0 aliphatic heterocycles. The molecule has 0 amide bonds. The van der Waals surface area contributed by atoms with Crippen LogP contribution < -0.4 is 5.32 Å². The molecule has 0 unspecified atom stereocenters. The van der Waals surface area contributed by atoms with E-state index >= 15 is 0 Å². The Morgan fingerprint density at radius 3 is 2.79 bits per heavy atom. The minimum atomic E-state index is -0.216. The number of aryl methyl sites for hydroxylation is 1. The van der Waals surface area contributed by atoms with E-state index in [4.69, 9.17) is 0 Å². The van der Waals surface area contributed by atoms with Crippen LogP contribution >= 0.6 is 24.0 Å². The smallest absolute Gasteiger partial charge is 0.193 e. The number of aromatic nitrogens is 1. The maximum atomic E-state index is 13.3. The number of hydrogen-bond donors (Lipinski definition) is 1. The van der Waals surface area contributed by atoms with Crippen LogP contribution in [0.2, 0.25) is 0 Å². The number of halogens is 2. The zero-order valence-electron chi connectivity index (χ0n) is 14.3. The summed E-state index contributed by atoms with van der Waals surface area (Å²) in [5, 5.41) is 3.34. The van der Waals surface area contributed by atoms with Gasteiger partial charge >= 0.3 is 0 Å². The van der Waals surface area contributed by atoms with Gasteiger partial charge in [-0.25, -0.2) is 4.39 Å². The van der Waals surface area contributed by atoms with Crippen molar-refractivity contribution in [2.75, 3.05) is 20.6 Å². The lowest BCUT2D eigenvalue weighted by molar-refractivity contribution is 0.475. The summed E-state index contributed by atoms with van der Waals surface area (Å²) >= 11 is 0. The van der Waals surface area contributed by atoms with Gasteiger partial charge in [0, 0.05) is 39.6 Å². The summed E-state index contributed by atoms with van der Waals surface area (Å²) < 4.78 is 13.3. The van der Waals surface area contributed by atoms with Gasteiger partial charge in [-0.05, 0) is 48.2 Å². The zero-order chi connectivity index (χ0) is 16.7. The molecule has 0 radical (unpaired) electrons. The van der Waals surface area contributed by atoms with Crippen molar-refractivity contribution in [3.63, 3.8) is 0 Å². The van der Waals surface area contributed by atoms with E-state index in [9.17, 15) is 4.39 Å². The number of pyridine rings is 1. The van der Waals surface area contributed by atoms with E-state index in [0.29, 0.717) is 6.54 Å². The SMILES string of the molecule is CN=C(NCCc1ccncc1C)N(C)Cc1cccc(F)c1.I. The van der Waals surface area contributed by atoms with E-state index in [2.05, 4.69) is 22.2 Å². The molecule has 0 saturated heterocycles. The third-order valence-corrected chi connectivity index (χ3v) is 3.70. The summed E-state index contributed by atoms with van der Waals surface area (Å²) in [4.78, 5) is 10.4. The highest BCUT2D eigenvalue weighted by molar-refractivity contribution is 14.0. The van der Waals surface area contributed by atoms with Gasteiger partial charge in [0.25, 0.3) is 0 Å². The Balaban J connectivity index is 0.00000288. The topological polar surface area (TPSA) is 40.5 Å². The quantitative estimate of drug-likeness (QED) is 0.439. The second-order valence-electron chi connectivity index (χ2n) is 5.51. The van der Waals surface area contributed by atoms with Gasteiger partial charge in [0.2, 0.25) is 0 Å². The zero-order valence-corrected chi connectivity index (χ0v) is 16.6. The van der Waals surface area contributed by atoms with E-state index < -0.39 is 0 Å². The maximum Gasteiger partial charge on any atom is 0.193 e. The van der Waals surface area contributed by atoms with Crippen LogP contribution in [-0.2, 0) is 13.0 Å².